The Kier molecular flexibility index (Phi) is 10.2. The maximum absolute atomic E-state index is 13.4. The quantitative estimate of drug-likeness (QED) is 0.313. The van der Waals surface area contributed by atoms with Gasteiger partial charge < -0.3 is 19.1 Å². The molecule has 0 fully saturated rings. The van der Waals surface area contributed by atoms with Gasteiger partial charge in [-0.1, -0.05) is 42.5 Å². The lowest BCUT2D eigenvalue weighted by molar-refractivity contribution is -0.140. The average molecular weight is 536 g/mol. The second kappa shape index (κ2) is 13.3. The number of nitrogens with zero attached hydrogens (tertiary/aromatic N) is 3. The fraction of sp³-hybridized carbons (Fsp3) is 0.333. The first-order chi connectivity index (χ1) is 17.7. The van der Waals surface area contributed by atoms with E-state index in [2.05, 4.69) is 0 Å². The van der Waals surface area contributed by atoms with Crippen molar-refractivity contribution in [3.05, 3.63) is 95.3 Å². The highest BCUT2D eigenvalue weighted by atomic mass is 35.5. The van der Waals surface area contributed by atoms with E-state index < -0.39 is 11.7 Å². The van der Waals surface area contributed by atoms with Crippen LogP contribution in [0.25, 0.3) is 0 Å². The molecule has 10 heteroatoms. The van der Waals surface area contributed by atoms with Crippen LogP contribution in [0.4, 0.5) is 13.2 Å². The minimum Gasteiger partial charge on any atom is -0.383 e. The number of aromatic nitrogens is 1. The number of methoxy groups -OCH3 is 1. The van der Waals surface area contributed by atoms with Gasteiger partial charge in [-0.2, -0.15) is 13.2 Å². The van der Waals surface area contributed by atoms with Crippen molar-refractivity contribution in [3.8, 4) is 0 Å². The summed E-state index contributed by atoms with van der Waals surface area (Å²) >= 11 is 5.74. The normalized spacial score (nSPS) is 11.4. The minimum atomic E-state index is -4.43. The fourth-order valence-corrected chi connectivity index (χ4v) is 4.03. The summed E-state index contributed by atoms with van der Waals surface area (Å²) < 4.78 is 46.4. The van der Waals surface area contributed by atoms with Crippen molar-refractivity contribution < 1.29 is 27.5 Å². The van der Waals surface area contributed by atoms with Gasteiger partial charge in [0.1, 0.15) is 5.88 Å². The highest BCUT2D eigenvalue weighted by Crippen LogP contribution is 2.29. The lowest BCUT2D eigenvalue weighted by Crippen LogP contribution is -2.44. The summed E-state index contributed by atoms with van der Waals surface area (Å²) in [5.74, 6) is -0.917. The van der Waals surface area contributed by atoms with Crippen molar-refractivity contribution in [2.24, 2.45) is 0 Å². The molecule has 0 atom stereocenters. The predicted molar refractivity (Wildman–Crippen MR) is 135 cm³/mol. The van der Waals surface area contributed by atoms with E-state index in [4.69, 9.17) is 16.3 Å². The van der Waals surface area contributed by atoms with E-state index in [0.29, 0.717) is 12.1 Å². The molecule has 2 aromatic carbocycles. The molecule has 1 aromatic heterocycles. The summed E-state index contributed by atoms with van der Waals surface area (Å²) in [5.41, 5.74) is 1.43. The Labute approximate surface area is 219 Å². The summed E-state index contributed by atoms with van der Waals surface area (Å²) in [6, 6.07) is 18.2. The third kappa shape index (κ3) is 8.36. The van der Waals surface area contributed by atoms with Crippen LogP contribution in [0, 0.1) is 0 Å². The second-order valence-electron chi connectivity index (χ2n) is 8.50. The Bertz CT molecular complexity index is 1170. The van der Waals surface area contributed by atoms with Crippen LogP contribution >= 0.6 is 11.6 Å². The van der Waals surface area contributed by atoms with Gasteiger partial charge in [-0.25, -0.2) is 0 Å². The van der Waals surface area contributed by atoms with E-state index >= 15 is 0 Å². The number of alkyl halides is 4. The first-order valence-corrected chi connectivity index (χ1v) is 12.2. The summed E-state index contributed by atoms with van der Waals surface area (Å²) in [7, 11) is 1.51. The third-order valence-electron chi connectivity index (χ3n) is 5.81. The molecule has 3 aromatic rings. The van der Waals surface area contributed by atoms with Crippen molar-refractivity contribution in [1.82, 2.24) is 14.4 Å². The molecule has 0 N–H and O–H groups in total. The Balaban J connectivity index is 1.82. The van der Waals surface area contributed by atoms with Crippen LogP contribution in [0.15, 0.2) is 72.9 Å². The van der Waals surface area contributed by atoms with Crippen LogP contribution in [0.2, 0.25) is 0 Å². The minimum absolute atomic E-state index is 0.171. The largest absolute Gasteiger partial charge is 0.416 e. The van der Waals surface area contributed by atoms with Gasteiger partial charge in [0, 0.05) is 38.6 Å². The molecule has 2 amide bonds. The molecule has 1 heterocycles. The van der Waals surface area contributed by atoms with E-state index in [-0.39, 0.29) is 50.5 Å². The standard InChI is InChI=1S/C27H29ClF3N3O3/c1-37-14-13-33(25(35)16-28)20-26(36)34(17-21-7-3-2-4-8-21)19-24-11-6-12-32(24)18-22-9-5-10-23(15-22)27(29,30)31/h2-12,15H,13-14,16-20H2,1H3. The van der Waals surface area contributed by atoms with E-state index in [1.54, 1.807) is 23.2 Å². The van der Waals surface area contributed by atoms with E-state index in [0.717, 1.165) is 23.4 Å². The maximum Gasteiger partial charge on any atom is 0.416 e. The third-order valence-corrected chi connectivity index (χ3v) is 6.04. The van der Waals surface area contributed by atoms with Crippen LogP contribution < -0.4 is 0 Å². The predicted octanol–water partition coefficient (Wildman–Crippen LogP) is 4.80. The SMILES string of the molecule is COCCN(CC(=O)N(Cc1ccccc1)Cc1cccn1Cc1cccc(C(F)(F)F)c1)C(=O)CCl. The number of amides is 2. The molecular formula is C27H29ClF3N3O3. The number of benzene rings is 2. The van der Waals surface area contributed by atoms with Crippen LogP contribution in [0.5, 0.6) is 0 Å². The smallest absolute Gasteiger partial charge is 0.383 e. The molecule has 0 aliphatic heterocycles. The summed E-state index contributed by atoms with van der Waals surface area (Å²) in [5, 5.41) is 0. The first kappa shape index (κ1) is 28.3. The number of hydrogen-bond acceptors (Lipinski definition) is 3. The first-order valence-electron chi connectivity index (χ1n) is 11.7. The zero-order valence-electron chi connectivity index (χ0n) is 20.5. The lowest BCUT2D eigenvalue weighted by atomic mass is 10.1. The van der Waals surface area contributed by atoms with Crippen LogP contribution in [0.1, 0.15) is 22.4 Å². The monoisotopic (exact) mass is 535 g/mol. The maximum atomic E-state index is 13.4. The van der Waals surface area contributed by atoms with E-state index in [1.807, 2.05) is 41.0 Å². The van der Waals surface area contributed by atoms with Gasteiger partial charge in [0.05, 0.1) is 25.3 Å². The molecule has 198 valence electrons. The topological polar surface area (TPSA) is 54.8 Å². The summed E-state index contributed by atoms with van der Waals surface area (Å²) in [4.78, 5) is 28.7. The molecular weight excluding hydrogens is 507 g/mol. The highest BCUT2D eigenvalue weighted by molar-refractivity contribution is 6.27. The molecule has 0 saturated heterocycles. The Hall–Kier alpha value is -3.30. The molecule has 0 spiro atoms. The van der Waals surface area contributed by atoms with Gasteiger partial charge in [0.2, 0.25) is 11.8 Å². The number of carbonyl (C=O) groups excluding carboxylic acids is 2. The van der Waals surface area contributed by atoms with Gasteiger partial charge >= 0.3 is 6.18 Å². The van der Waals surface area contributed by atoms with Gasteiger partial charge in [0.15, 0.2) is 0 Å². The van der Waals surface area contributed by atoms with Crippen molar-refractivity contribution in [3.63, 3.8) is 0 Å². The molecule has 0 radical (unpaired) electrons. The Morgan fingerprint density at radius 2 is 1.65 bits per heavy atom. The van der Waals surface area contributed by atoms with Gasteiger partial charge in [-0.05, 0) is 35.4 Å². The van der Waals surface area contributed by atoms with E-state index in [9.17, 15) is 22.8 Å². The number of hydrogen-bond donors (Lipinski definition) is 0. The molecule has 0 bridgehead atoms. The molecule has 37 heavy (non-hydrogen) atoms. The van der Waals surface area contributed by atoms with Crippen molar-refractivity contribution in [1.29, 1.82) is 0 Å². The van der Waals surface area contributed by atoms with Crippen LogP contribution in [-0.4, -0.2) is 58.9 Å². The summed E-state index contributed by atoms with van der Waals surface area (Å²) in [6.07, 6.45) is -2.66. The highest BCUT2D eigenvalue weighted by Gasteiger charge is 2.30. The zero-order valence-corrected chi connectivity index (χ0v) is 21.2. The lowest BCUT2D eigenvalue weighted by Gasteiger charge is -2.28. The number of halogens is 4. The molecule has 3 rings (SSSR count). The summed E-state index contributed by atoms with van der Waals surface area (Å²) in [6.45, 7) is 1.02. The zero-order chi connectivity index (χ0) is 26.8. The molecule has 0 aliphatic rings. The molecule has 0 aliphatic carbocycles. The van der Waals surface area contributed by atoms with Gasteiger partial charge in [0.25, 0.3) is 0 Å². The number of rotatable bonds is 12. The van der Waals surface area contributed by atoms with Gasteiger partial charge in [-0.15, -0.1) is 11.6 Å². The fourth-order valence-electron chi connectivity index (χ4n) is 3.86. The second-order valence-corrected chi connectivity index (χ2v) is 8.77. The number of carbonyl (C=O) groups is 2. The molecule has 0 saturated carbocycles. The van der Waals surface area contributed by atoms with Crippen molar-refractivity contribution in [2.45, 2.75) is 25.8 Å². The molecule has 6 nitrogen and oxygen atoms in total. The average Bonchev–Trinajstić information content (AvgIpc) is 3.32. The Morgan fingerprint density at radius 1 is 0.919 bits per heavy atom. The van der Waals surface area contributed by atoms with Crippen molar-refractivity contribution >= 4 is 23.4 Å². The Morgan fingerprint density at radius 3 is 2.32 bits per heavy atom. The molecule has 0 unspecified atom stereocenters. The van der Waals surface area contributed by atoms with E-state index in [1.165, 1.54) is 18.1 Å². The number of ether oxygens (including phenoxy) is 1. The van der Waals surface area contributed by atoms with Crippen LogP contribution in [0.3, 0.4) is 0 Å². The van der Waals surface area contributed by atoms with Gasteiger partial charge in [-0.3, -0.25) is 9.59 Å². The van der Waals surface area contributed by atoms with Crippen molar-refractivity contribution in [2.75, 3.05) is 32.7 Å². The van der Waals surface area contributed by atoms with Crippen LogP contribution in [-0.2, 0) is 40.1 Å².